The Labute approximate surface area is 238 Å². The highest BCUT2D eigenvalue weighted by Gasteiger charge is 2.35. The second kappa shape index (κ2) is 16.1. The Balaban J connectivity index is 3.15. The Bertz CT molecular complexity index is 924. The average Bonchev–Trinajstić information content (AvgIpc) is 2.86. The normalized spacial score (nSPS) is 31.5. The molecule has 0 spiro atoms. The number of ether oxygens (including phenoxy) is 2. The van der Waals surface area contributed by atoms with Gasteiger partial charge in [-0.15, -0.1) is 6.58 Å². The minimum atomic E-state index is -1.49. The monoisotopic (exact) mass is 567 g/mol. The van der Waals surface area contributed by atoms with Gasteiger partial charge >= 0.3 is 12.1 Å². The Morgan fingerprint density at radius 1 is 1.38 bits per heavy atom. The van der Waals surface area contributed by atoms with E-state index in [0.717, 1.165) is 0 Å². The SMILES string of the molecule is C=CC(O)C(C)CC(O)CC(C)(O)/C=C/C=C(\C)C1OC(=O)CC(O)CCC(C)(O)C(OC(=O)NC)/C=C/C1C. The molecule has 9 unspecified atom stereocenters. The van der Waals surface area contributed by atoms with Gasteiger partial charge in [0, 0.05) is 19.4 Å². The number of esters is 1. The number of amides is 1. The van der Waals surface area contributed by atoms with Crippen molar-refractivity contribution in [3.8, 4) is 0 Å². The van der Waals surface area contributed by atoms with E-state index in [1.807, 2.05) is 0 Å². The lowest BCUT2D eigenvalue weighted by Gasteiger charge is -2.32. The minimum absolute atomic E-state index is 0.0483. The van der Waals surface area contributed by atoms with Crippen LogP contribution in [-0.2, 0) is 14.3 Å². The Morgan fingerprint density at radius 3 is 2.62 bits per heavy atom. The van der Waals surface area contributed by atoms with Crippen LogP contribution in [0.25, 0.3) is 0 Å². The molecule has 0 saturated heterocycles. The second-order valence-corrected chi connectivity index (χ2v) is 11.4. The number of aliphatic hydroxyl groups is 5. The van der Waals surface area contributed by atoms with Crippen molar-refractivity contribution in [3.05, 3.63) is 48.6 Å². The molecule has 0 bridgehead atoms. The van der Waals surface area contributed by atoms with Gasteiger partial charge < -0.3 is 40.3 Å². The van der Waals surface area contributed by atoms with Crippen molar-refractivity contribution in [3.63, 3.8) is 0 Å². The van der Waals surface area contributed by atoms with Gasteiger partial charge in [-0.2, -0.15) is 0 Å². The van der Waals surface area contributed by atoms with Crippen LogP contribution in [0.15, 0.2) is 48.6 Å². The van der Waals surface area contributed by atoms with Gasteiger partial charge in [0.05, 0.1) is 30.3 Å². The molecule has 1 amide bonds. The lowest BCUT2D eigenvalue weighted by Crippen LogP contribution is -2.43. The average molecular weight is 568 g/mol. The van der Waals surface area contributed by atoms with E-state index in [1.165, 1.54) is 26.1 Å². The van der Waals surface area contributed by atoms with Gasteiger partial charge in [-0.05, 0) is 57.6 Å². The first-order valence-electron chi connectivity index (χ1n) is 13.7. The van der Waals surface area contributed by atoms with Crippen molar-refractivity contribution in [2.75, 3.05) is 7.05 Å². The van der Waals surface area contributed by atoms with E-state index in [0.29, 0.717) is 5.57 Å². The maximum atomic E-state index is 12.6. The van der Waals surface area contributed by atoms with Crippen molar-refractivity contribution < 1.29 is 44.6 Å². The first-order chi connectivity index (χ1) is 18.5. The second-order valence-electron chi connectivity index (χ2n) is 11.4. The van der Waals surface area contributed by atoms with E-state index in [9.17, 15) is 35.1 Å². The van der Waals surface area contributed by atoms with E-state index in [1.54, 1.807) is 52.0 Å². The highest BCUT2D eigenvalue weighted by Crippen LogP contribution is 2.27. The zero-order valence-corrected chi connectivity index (χ0v) is 24.6. The van der Waals surface area contributed by atoms with Crippen molar-refractivity contribution in [1.29, 1.82) is 0 Å². The zero-order valence-electron chi connectivity index (χ0n) is 24.6. The third-order valence-corrected chi connectivity index (χ3v) is 7.14. The summed E-state index contributed by atoms with van der Waals surface area (Å²) in [5, 5.41) is 54.7. The molecule has 228 valence electrons. The van der Waals surface area contributed by atoms with E-state index in [4.69, 9.17) is 9.47 Å². The van der Waals surface area contributed by atoms with Crippen LogP contribution in [0.1, 0.15) is 66.7 Å². The predicted octanol–water partition coefficient (Wildman–Crippen LogP) is 2.69. The van der Waals surface area contributed by atoms with Crippen LogP contribution in [0, 0.1) is 11.8 Å². The lowest BCUT2D eigenvalue weighted by molar-refractivity contribution is -0.151. The predicted molar refractivity (Wildman–Crippen MR) is 152 cm³/mol. The molecule has 6 N–H and O–H groups in total. The molecule has 0 aromatic rings. The van der Waals surface area contributed by atoms with Crippen LogP contribution in [0.4, 0.5) is 4.79 Å². The van der Waals surface area contributed by atoms with Crippen molar-refractivity contribution in [1.82, 2.24) is 5.32 Å². The molecule has 1 aliphatic heterocycles. The highest BCUT2D eigenvalue weighted by atomic mass is 16.6. The molecular formula is C30H49NO9. The summed E-state index contributed by atoms with van der Waals surface area (Å²) in [6.07, 6.45) is 4.60. The molecule has 0 radical (unpaired) electrons. The summed E-state index contributed by atoms with van der Waals surface area (Å²) >= 11 is 0. The number of cyclic esters (lactones) is 1. The highest BCUT2D eigenvalue weighted by molar-refractivity contribution is 5.70. The van der Waals surface area contributed by atoms with Gasteiger partial charge in [-0.25, -0.2) is 4.79 Å². The summed E-state index contributed by atoms with van der Waals surface area (Å²) in [5.74, 6) is -1.22. The summed E-state index contributed by atoms with van der Waals surface area (Å²) in [4.78, 5) is 24.5. The Hall–Kier alpha value is -2.50. The number of nitrogens with one attached hydrogen (secondary N) is 1. The Morgan fingerprint density at radius 2 is 2.02 bits per heavy atom. The Kier molecular flexibility index (Phi) is 14.3. The van der Waals surface area contributed by atoms with Crippen LogP contribution in [0.3, 0.4) is 0 Å². The van der Waals surface area contributed by atoms with Crippen LogP contribution >= 0.6 is 0 Å². The largest absolute Gasteiger partial charge is 0.457 e. The number of allylic oxidation sites excluding steroid dienone is 2. The fourth-order valence-electron chi connectivity index (χ4n) is 4.56. The lowest BCUT2D eigenvalue weighted by atomic mass is 9.88. The summed E-state index contributed by atoms with van der Waals surface area (Å²) in [6, 6.07) is 0. The fourth-order valence-corrected chi connectivity index (χ4v) is 4.56. The van der Waals surface area contributed by atoms with Gasteiger partial charge in [0.25, 0.3) is 0 Å². The van der Waals surface area contributed by atoms with E-state index in [2.05, 4.69) is 11.9 Å². The molecule has 10 heteroatoms. The summed E-state index contributed by atoms with van der Waals surface area (Å²) < 4.78 is 11.1. The van der Waals surface area contributed by atoms with Gasteiger partial charge in [-0.3, -0.25) is 4.79 Å². The van der Waals surface area contributed by atoms with Gasteiger partial charge in [0.2, 0.25) is 0 Å². The third-order valence-electron chi connectivity index (χ3n) is 7.14. The van der Waals surface area contributed by atoms with Crippen LogP contribution in [-0.4, -0.2) is 86.4 Å². The quantitative estimate of drug-likeness (QED) is 0.132. The standard InChI is InChI=1S/C30H49NO9/c1-8-24(34)21(4)16-23(33)18-29(5,37)14-9-10-19(2)27-20(3)11-12-25(39-28(36)31-7)30(6,38)15-13-22(32)17-26(35)40-27/h8-12,14,20-25,27,32-34,37-38H,1,13,15-18H2,2-7H3,(H,31,36)/b12-11+,14-9+,19-10+. The van der Waals surface area contributed by atoms with Gasteiger partial charge in [-0.1, -0.05) is 44.2 Å². The topological polar surface area (TPSA) is 166 Å². The van der Waals surface area contributed by atoms with Crippen LogP contribution in [0.5, 0.6) is 0 Å². The molecule has 10 nitrogen and oxygen atoms in total. The molecule has 0 aliphatic carbocycles. The zero-order chi connectivity index (χ0) is 30.7. The first kappa shape index (κ1) is 35.5. The van der Waals surface area contributed by atoms with E-state index < -0.39 is 59.7 Å². The molecule has 0 aromatic heterocycles. The molecule has 1 heterocycles. The molecule has 9 atom stereocenters. The van der Waals surface area contributed by atoms with Gasteiger partial charge in [0.1, 0.15) is 11.7 Å². The number of alkyl carbamates (subject to hydrolysis) is 1. The fraction of sp³-hybridized carbons (Fsp3) is 0.667. The number of rotatable bonds is 10. The summed E-state index contributed by atoms with van der Waals surface area (Å²) in [7, 11) is 1.41. The maximum Gasteiger partial charge on any atom is 0.407 e. The van der Waals surface area contributed by atoms with Crippen molar-refractivity contribution in [2.45, 2.75) is 108 Å². The number of carbonyl (C=O) groups excluding carboxylic acids is 2. The first-order valence-corrected chi connectivity index (χ1v) is 13.7. The van der Waals surface area contributed by atoms with Crippen LogP contribution < -0.4 is 5.32 Å². The molecule has 0 fully saturated rings. The summed E-state index contributed by atoms with van der Waals surface area (Å²) in [5.41, 5.74) is -2.19. The van der Waals surface area contributed by atoms with E-state index >= 15 is 0 Å². The van der Waals surface area contributed by atoms with Crippen LogP contribution in [0.2, 0.25) is 0 Å². The van der Waals surface area contributed by atoms with Gasteiger partial charge in [0.15, 0.2) is 6.10 Å². The molecule has 0 aromatic carbocycles. The number of hydrogen-bond acceptors (Lipinski definition) is 9. The molecule has 1 aliphatic rings. The molecule has 1 rings (SSSR count). The minimum Gasteiger partial charge on any atom is -0.457 e. The van der Waals surface area contributed by atoms with E-state index in [-0.39, 0.29) is 38.0 Å². The summed E-state index contributed by atoms with van der Waals surface area (Å²) in [6.45, 7) is 12.0. The number of aliphatic hydroxyl groups excluding tert-OH is 3. The molecule has 0 saturated carbocycles. The smallest absolute Gasteiger partial charge is 0.407 e. The molecular weight excluding hydrogens is 518 g/mol. The van der Waals surface area contributed by atoms with Crippen molar-refractivity contribution in [2.24, 2.45) is 11.8 Å². The number of hydrogen-bond donors (Lipinski definition) is 6. The van der Waals surface area contributed by atoms with Crippen molar-refractivity contribution >= 4 is 12.1 Å². The molecule has 40 heavy (non-hydrogen) atoms. The maximum absolute atomic E-state index is 12.6. The third kappa shape index (κ3) is 12.3. The number of carbonyl (C=O) groups is 2.